The van der Waals surface area contributed by atoms with E-state index in [1.165, 1.54) is 31.2 Å². The van der Waals surface area contributed by atoms with E-state index >= 15 is 0 Å². The lowest BCUT2D eigenvalue weighted by Crippen LogP contribution is -2.35. The monoisotopic (exact) mass is 259 g/mol. The molecule has 2 aliphatic carbocycles. The van der Waals surface area contributed by atoms with Gasteiger partial charge in [-0.3, -0.25) is 0 Å². The molecule has 0 aliphatic heterocycles. The van der Waals surface area contributed by atoms with Crippen molar-refractivity contribution in [3.8, 4) is 5.75 Å². The maximum Gasteiger partial charge on any atom is 0.123 e. The molecule has 1 aromatic rings. The molecule has 0 heterocycles. The van der Waals surface area contributed by atoms with Crippen LogP contribution in [0.15, 0.2) is 24.3 Å². The van der Waals surface area contributed by atoms with Gasteiger partial charge in [-0.25, -0.2) is 0 Å². The van der Waals surface area contributed by atoms with Crippen LogP contribution >= 0.6 is 0 Å². The van der Waals surface area contributed by atoms with Crippen molar-refractivity contribution in [3.05, 3.63) is 29.8 Å². The van der Waals surface area contributed by atoms with Crippen LogP contribution in [-0.2, 0) is 6.54 Å². The van der Waals surface area contributed by atoms with Crippen LogP contribution in [0.1, 0.15) is 38.2 Å². The van der Waals surface area contributed by atoms with Crippen molar-refractivity contribution in [1.82, 2.24) is 5.32 Å². The molecule has 19 heavy (non-hydrogen) atoms. The van der Waals surface area contributed by atoms with Crippen molar-refractivity contribution in [2.24, 2.45) is 17.8 Å². The quantitative estimate of drug-likeness (QED) is 0.872. The van der Waals surface area contributed by atoms with Crippen LogP contribution in [0.3, 0.4) is 0 Å². The molecule has 2 saturated carbocycles. The minimum Gasteiger partial charge on any atom is -0.496 e. The molecular formula is C17H25NO. The zero-order chi connectivity index (χ0) is 13.2. The number of methoxy groups -OCH3 is 1. The summed E-state index contributed by atoms with van der Waals surface area (Å²) in [7, 11) is 1.75. The van der Waals surface area contributed by atoms with Crippen LogP contribution in [0.25, 0.3) is 0 Å². The van der Waals surface area contributed by atoms with Gasteiger partial charge in [-0.1, -0.05) is 24.6 Å². The lowest BCUT2D eigenvalue weighted by molar-refractivity contribution is 0.258. The van der Waals surface area contributed by atoms with Gasteiger partial charge in [0.05, 0.1) is 7.11 Å². The second kappa shape index (κ2) is 5.54. The Morgan fingerprint density at radius 1 is 1.26 bits per heavy atom. The van der Waals surface area contributed by atoms with Crippen molar-refractivity contribution >= 4 is 0 Å². The van der Waals surface area contributed by atoms with Crippen molar-refractivity contribution in [1.29, 1.82) is 0 Å². The lowest BCUT2D eigenvalue weighted by Gasteiger charge is -2.28. The molecule has 2 nitrogen and oxygen atoms in total. The number of hydrogen-bond acceptors (Lipinski definition) is 2. The van der Waals surface area contributed by atoms with Gasteiger partial charge in [-0.2, -0.15) is 0 Å². The fourth-order valence-electron chi connectivity index (χ4n) is 4.18. The van der Waals surface area contributed by atoms with Crippen LogP contribution in [0, 0.1) is 17.8 Å². The van der Waals surface area contributed by atoms with Gasteiger partial charge in [-0.05, 0) is 50.0 Å². The summed E-state index contributed by atoms with van der Waals surface area (Å²) in [6.07, 6.45) is 5.90. The zero-order valence-electron chi connectivity index (χ0n) is 12.1. The first-order valence-corrected chi connectivity index (χ1v) is 7.63. The minimum absolute atomic E-state index is 0.625. The molecule has 1 N–H and O–H groups in total. The molecule has 0 unspecified atom stereocenters. The van der Waals surface area contributed by atoms with Gasteiger partial charge >= 0.3 is 0 Å². The van der Waals surface area contributed by atoms with Gasteiger partial charge in [0.15, 0.2) is 0 Å². The zero-order valence-corrected chi connectivity index (χ0v) is 12.1. The Morgan fingerprint density at radius 3 is 2.79 bits per heavy atom. The maximum atomic E-state index is 5.41. The van der Waals surface area contributed by atoms with Crippen molar-refractivity contribution in [2.75, 3.05) is 7.11 Å². The fraction of sp³-hybridized carbons (Fsp3) is 0.647. The molecule has 2 bridgehead atoms. The Bertz CT molecular complexity index is 431. The van der Waals surface area contributed by atoms with Gasteiger partial charge in [0, 0.05) is 18.2 Å². The maximum absolute atomic E-state index is 5.41. The van der Waals surface area contributed by atoms with Gasteiger partial charge in [-0.15, -0.1) is 0 Å². The molecule has 0 amide bonds. The fourth-order valence-corrected chi connectivity index (χ4v) is 4.18. The number of nitrogens with one attached hydrogen (secondary N) is 1. The summed E-state index contributed by atoms with van der Waals surface area (Å²) in [5, 5.41) is 3.72. The summed E-state index contributed by atoms with van der Waals surface area (Å²) < 4.78 is 5.41. The number of ether oxygens (including phenoxy) is 1. The van der Waals surface area contributed by atoms with E-state index in [0.29, 0.717) is 6.04 Å². The highest BCUT2D eigenvalue weighted by Gasteiger charge is 2.41. The number of para-hydroxylation sites is 1. The minimum atomic E-state index is 0.625. The van der Waals surface area contributed by atoms with Crippen LogP contribution in [0.2, 0.25) is 0 Å². The standard InChI is InChI=1S/C17H25NO/c1-12(16-10-13-7-8-14(16)9-13)18-11-15-5-3-4-6-17(15)19-2/h3-6,12-14,16,18H,7-11H2,1-2H3/t12-,13-,14-,16+/m0/s1. The van der Waals surface area contributed by atoms with E-state index in [1.54, 1.807) is 7.11 Å². The second-order valence-electron chi connectivity index (χ2n) is 6.32. The van der Waals surface area contributed by atoms with E-state index < -0.39 is 0 Å². The SMILES string of the molecule is COc1ccccc1CN[C@@H](C)[C@H]1C[C@H]2CC[C@H]1C2. The van der Waals surface area contributed by atoms with Crippen LogP contribution in [0.5, 0.6) is 5.75 Å². The van der Waals surface area contributed by atoms with Crippen LogP contribution in [0.4, 0.5) is 0 Å². The molecule has 4 atom stereocenters. The van der Waals surface area contributed by atoms with Crippen LogP contribution < -0.4 is 10.1 Å². The average molecular weight is 259 g/mol. The van der Waals surface area contributed by atoms with Gasteiger partial charge < -0.3 is 10.1 Å². The van der Waals surface area contributed by atoms with Gasteiger partial charge in [0.1, 0.15) is 5.75 Å². The third-order valence-corrected chi connectivity index (χ3v) is 5.24. The Hall–Kier alpha value is -1.02. The highest BCUT2D eigenvalue weighted by molar-refractivity contribution is 5.33. The molecule has 104 valence electrons. The molecule has 0 spiro atoms. The summed E-state index contributed by atoms with van der Waals surface area (Å²) in [6.45, 7) is 3.28. The predicted molar refractivity (Wildman–Crippen MR) is 78.2 cm³/mol. The van der Waals surface area contributed by atoms with E-state index in [-0.39, 0.29) is 0 Å². The second-order valence-corrected chi connectivity index (χ2v) is 6.32. The summed E-state index contributed by atoms with van der Waals surface area (Å²) in [5.41, 5.74) is 1.26. The summed E-state index contributed by atoms with van der Waals surface area (Å²) in [6, 6.07) is 8.93. The molecule has 2 heteroatoms. The summed E-state index contributed by atoms with van der Waals surface area (Å²) in [4.78, 5) is 0. The number of hydrogen-bond donors (Lipinski definition) is 1. The molecule has 1 aromatic carbocycles. The first-order valence-electron chi connectivity index (χ1n) is 7.63. The summed E-state index contributed by atoms with van der Waals surface area (Å²) >= 11 is 0. The molecule has 0 aromatic heterocycles. The normalized spacial score (nSPS) is 30.5. The predicted octanol–water partition coefficient (Wildman–Crippen LogP) is 3.61. The third kappa shape index (κ3) is 2.64. The molecule has 3 rings (SSSR count). The Morgan fingerprint density at radius 2 is 2.11 bits per heavy atom. The van der Waals surface area contributed by atoms with E-state index in [2.05, 4.69) is 24.4 Å². The van der Waals surface area contributed by atoms with Gasteiger partial charge in [0.2, 0.25) is 0 Å². The lowest BCUT2D eigenvalue weighted by atomic mass is 9.84. The topological polar surface area (TPSA) is 21.3 Å². The van der Waals surface area contributed by atoms with E-state index in [0.717, 1.165) is 30.0 Å². The summed E-state index contributed by atoms with van der Waals surface area (Å²) in [5.74, 6) is 3.92. The van der Waals surface area contributed by atoms with E-state index in [4.69, 9.17) is 4.74 Å². The Kier molecular flexibility index (Phi) is 3.79. The smallest absolute Gasteiger partial charge is 0.123 e. The average Bonchev–Trinajstić information content (AvgIpc) is 3.07. The number of rotatable bonds is 5. The first-order chi connectivity index (χ1) is 9.28. The molecular weight excluding hydrogens is 234 g/mol. The number of benzene rings is 1. The molecule has 0 radical (unpaired) electrons. The molecule has 2 fully saturated rings. The van der Waals surface area contributed by atoms with E-state index in [9.17, 15) is 0 Å². The third-order valence-electron chi connectivity index (χ3n) is 5.24. The Balaban J connectivity index is 1.57. The van der Waals surface area contributed by atoms with Crippen molar-refractivity contribution < 1.29 is 4.74 Å². The molecule has 0 saturated heterocycles. The van der Waals surface area contributed by atoms with Crippen molar-refractivity contribution in [3.63, 3.8) is 0 Å². The highest BCUT2D eigenvalue weighted by Crippen LogP contribution is 2.49. The van der Waals surface area contributed by atoms with E-state index in [1.807, 2.05) is 12.1 Å². The highest BCUT2D eigenvalue weighted by atomic mass is 16.5. The molecule has 2 aliphatic rings. The van der Waals surface area contributed by atoms with Crippen LogP contribution in [-0.4, -0.2) is 13.2 Å². The van der Waals surface area contributed by atoms with Gasteiger partial charge in [0.25, 0.3) is 0 Å². The largest absolute Gasteiger partial charge is 0.496 e. The van der Waals surface area contributed by atoms with Crippen molar-refractivity contribution in [2.45, 2.75) is 45.2 Å². The number of fused-ring (bicyclic) bond motifs is 2. The Labute approximate surface area is 116 Å². The first kappa shape index (κ1) is 13.0.